The summed E-state index contributed by atoms with van der Waals surface area (Å²) in [5, 5.41) is 3.57. The van der Waals surface area contributed by atoms with Gasteiger partial charge in [-0.1, -0.05) is 20.8 Å². The fourth-order valence-corrected chi connectivity index (χ4v) is 2.35. The third kappa shape index (κ3) is 5.55. The van der Waals surface area contributed by atoms with Crippen LogP contribution in [0.3, 0.4) is 0 Å². The number of pyridine rings is 1. The number of likely N-dealkylation sites (N-methyl/N-ethyl adjacent to an activating group) is 1. The highest BCUT2D eigenvalue weighted by molar-refractivity contribution is 5.09. The van der Waals surface area contributed by atoms with Crippen molar-refractivity contribution in [2.24, 2.45) is 5.92 Å². The molecule has 0 spiro atoms. The van der Waals surface area contributed by atoms with Crippen molar-refractivity contribution in [3.8, 4) is 0 Å². The van der Waals surface area contributed by atoms with Crippen LogP contribution >= 0.6 is 0 Å². The Morgan fingerprint density at radius 2 is 2.00 bits per heavy atom. The molecule has 0 bridgehead atoms. The molecule has 2 unspecified atom stereocenters. The second-order valence-corrected chi connectivity index (χ2v) is 6.02. The summed E-state index contributed by atoms with van der Waals surface area (Å²) in [6.45, 7) is 7.53. The maximum absolute atomic E-state index is 12.9. The zero-order chi connectivity index (χ0) is 15.1. The van der Waals surface area contributed by atoms with Gasteiger partial charge >= 0.3 is 0 Å². The van der Waals surface area contributed by atoms with Crippen molar-refractivity contribution < 1.29 is 4.39 Å². The molecule has 1 rings (SSSR count). The predicted molar refractivity (Wildman–Crippen MR) is 82.2 cm³/mol. The number of rotatable bonds is 8. The first-order valence-electron chi connectivity index (χ1n) is 7.45. The molecule has 0 aliphatic rings. The Balaban J connectivity index is 2.61. The van der Waals surface area contributed by atoms with Crippen LogP contribution in [0.4, 0.5) is 4.39 Å². The highest BCUT2D eigenvalue weighted by atomic mass is 19.1. The quantitative estimate of drug-likeness (QED) is 0.793. The van der Waals surface area contributed by atoms with E-state index in [0.717, 1.165) is 25.1 Å². The van der Waals surface area contributed by atoms with Crippen LogP contribution in [0.1, 0.15) is 45.3 Å². The van der Waals surface area contributed by atoms with E-state index >= 15 is 0 Å². The molecule has 3 nitrogen and oxygen atoms in total. The Morgan fingerprint density at radius 1 is 1.30 bits per heavy atom. The topological polar surface area (TPSA) is 28.2 Å². The van der Waals surface area contributed by atoms with Crippen LogP contribution in [-0.4, -0.2) is 36.6 Å². The first kappa shape index (κ1) is 17.1. The van der Waals surface area contributed by atoms with Crippen LogP contribution in [0.25, 0.3) is 0 Å². The van der Waals surface area contributed by atoms with E-state index in [4.69, 9.17) is 0 Å². The lowest BCUT2D eigenvalue weighted by molar-refractivity contribution is 0.239. The number of nitrogens with one attached hydrogen (secondary N) is 1. The molecule has 0 aliphatic heterocycles. The Labute approximate surface area is 122 Å². The summed E-state index contributed by atoms with van der Waals surface area (Å²) >= 11 is 0. The van der Waals surface area contributed by atoms with Gasteiger partial charge in [-0.25, -0.2) is 4.39 Å². The van der Waals surface area contributed by atoms with Crippen molar-refractivity contribution in [3.05, 3.63) is 29.8 Å². The second-order valence-electron chi connectivity index (χ2n) is 6.02. The minimum Gasteiger partial charge on any atom is -0.307 e. The molecule has 114 valence electrons. The molecule has 1 aromatic rings. The third-order valence-corrected chi connectivity index (χ3v) is 3.59. The van der Waals surface area contributed by atoms with Gasteiger partial charge in [0.25, 0.3) is 0 Å². The van der Waals surface area contributed by atoms with Crippen molar-refractivity contribution in [2.75, 3.05) is 20.6 Å². The van der Waals surface area contributed by atoms with E-state index in [-0.39, 0.29) is 11.9 Å². The molecular formula is C16H28FN3. The molecule has 0 fully saturated rings. The fourth-order valence-electron chi connectivity index (χ4n) is 2.35. The van der Waals surface area contributed by atoms with Crippen LogP contribution in [0.2, 0.25) is 0 Å². The van der Waals surface area contributed by atoms with E-state index in [1.807, 2.05) is 0 Å². The van der Waals surface area contributed by atoms with Gasteiger partial charge in [0.2, 0.25) is 0 Å². The zero-order valence-electron chi connectivity index (χ0n) is 13.4. The molecule has 0 saturated carbocycles. The summed E-state index contributed by atoms with van der Waals surface area (Å²) in [5.41, 5.74) is 0.913. The summed E-state index contributed by atoms with van der Waals surface area (Å²) in [4.78, 5) is 6.44. The van der Waals surface area contributed by atoms with Gasteiger partial charge in [0.05, 0.1) is 11.9 Å². The average molecular weight is 281 g/mol. The van der Waals surface area contributed by atoms with Crippen LogP contribution < -0.4 is 5.32 Å². The first-order valence-corrected chi connectivity index (χ1v) is 7.45. The predicted octanol–water partition coefficient (Wildman–Crippen LogP) is 3.24. The summed E-state index contributed by atoms with van der Waals surface area (Å²) in [7, 11) is 4.23. The Morgan fingerprint density at radius 3 is 2.45 bits per heavy atom. The van der Waals surface area contributed by atoms with Gasteiger partial charge in [0, 0.05) is 18.6 Å². The monoisotopic (exact) mass is 281 g/mol. The van der Waals surface area contributed by atoms with Crippen molar-refractivity contribution >= 4 is 0 Å². The van der Waals surface area contributed by atoms with E-state index in [0.29, 0.717) is 12.0 Å². The molecule has 0 aliphatic carbocycles. The lowest BCUT2D eigenvalue weighted by atomic mass is 10.0. The van der Waals surface area contributed by atoms with Crippen molar-refractivity contribution in [1.29, 1.82) is 0 Å². The first-order chi connectivity index (χ1) is 9.43. The Hall–Kier alpha value is -1.00. The average Bonchev–Trinajstić information content (AvgIpc) is 2.39. The summed E-state index contributed by atoms with van der Waals surface area (Å²) in [6, 6.07) is 3.93. The maximum atomic E-state index is 12.9. The van der Waals surface area contributed by atoms with Crippen LogP contribution in [0.5, 0.6) is 0 Å². The van der Waals surface area contributed by atoms with E-state index in [1.54, 1.807) is 6.07 Å². The van der Waals surface area contributed by atoms with Crippen molar-refractivity contribution in [1.82, 2.24) is 15.2 Å². The summed E-state index contributed by atoms with van der Waals surface area (Å²) in [5.74, 6) is 0.391. The van der Waals surface area contributed by atoms with Gasteiger partial charge in [0.15, 0.2) is 0 Å². The highest BCUT2D eigenvalue weighted by Gasteiger charge is 2.16. The largest absolute Gasteiger partial charge is 0.307 e. The summed E-state index contributed by atoms with van der Waals surface area (Å²) < 4.78 is 12.9. The molecule has 4 heteroatoms. The van der Waals surface area contributed by atoms with Crippen molar-refractivity contribution in [2.45, 2.75) is 45.7 Å². The molecule has 1 aromatic heterocycles. The van der Waals surface area contributed by atoms with Crippen LogP contribution in [0, 0.1) is 11.7 Å². The SMILES string of the molecule is CCC(NCC(CC(C)C)N(C)C)c1ccc(F)cn1. The minimum atomic E-state index is -0.283. The number of halogens is 1. The van der Waals surface area contributed by atoms with Gasteiger partial charge < -0.3 is 10.2 Å². The number of hydrogen-bond acceptors (Lipinski definition) is 3. The smallest absolute Gasteiger partial charge is 0.141 e. The molecule has 20 heavy (non-hydrogen) atoms. The molecule has 1 N–H and O–H groups in total. The van der Waals surface area contributed by atoms with Gasteiger partial charge in [0.1, 0.15) is 5.82 Å². The Kier molecular flexibility index (Phi) is 7.10. The molecule has 0 saturated heterocycles. The van der Waals surface area contributed by atoms with Gasteiger partial charge in [-0.05, 0) is 45.0 Å². The number of hydrogen-bond donors (Lipinski definition) is 1. The molecule has 0 amide bonds. The van der Waals surface area contributed by atoms with Crippen LogP contribution in [-0.2, 0) is 0 Å². The van der Waals surface area contributed by atoms with E-state index < -0.39 is 0 Å². The highest BCUT2D eigenvalue weighted by Crippen LogP contribution is 2.15. The van der Waals surface area contributed by atoms with Crippen molar-refractivity contribution in [3.63, 3.8) is 0 Å². The number of nitrogens with zero attached hydrogens (tertiary/aromatic N) is 2. The molecule has 2 atom stereocenters. The van der Waals surface area contributed by atoms with Gasteiger partial charge in [-0.3, -0.25) is 4.98 Å². The lowest BCUT2D eigenvalue weighted by Crippen LogP contribution is -2.40. The second kappa shape index (κ2) is 8.32. The Bertz CT molecular complexity index is 376. The fraction of sp³-hybridized carbons (Fsp3) is 0.688. The molecule has 0 aromatic carbocycles. The minimum absolute atomic E-state index is 0.185. The van der Waals surface area contributed by atoms with Crippen LogP contribution in [0.15, 0.2) is 18.3 Å². The molecular weight excluding hydrogens is 253 g/mol. The molecule has 1 heterocycles. The summed E-state index contributed by atoms with van der Waals surface area (Å²) in [6.07, 6.45) is 3.39. The zero-order valence-corrected chi connectivity index (χ0v) is 13.4. The maximum Gasteiger partial charge on any atom is 0.141 e. The standard InChI is InChI=1S/C16H28FN3/c1-6-15(16-8-7-13(17)10-18-16)19-11-14(20(4)5)9-12(2)3/h7-8,10,12,14-15,19H,6,9,11H2,1-5H3. The van der Waals surface area contributed by atoms with E-state index in [1.165, 1.54) is 12.3 Å². The number of aromatic nitrogens is 1. The normalized spacial score (nSPS) is 14.8. The van der Waals surface area contributed by atoms with Gasteiger partial charge in [-0.2, -0.15) is 0 Å². The van der Waals surface area contributed by atoms with E-state index in [9.17, 15) is 4.39 Å². The third-order valence-electron chi connectivity index (χ3n) is 3.59. The molecule has 0 radical (unpaired) electrons. The van der Waals surface area contributed by atoms with E-state index in [2.05, 4.69) is 50.1 Å². The van der Waals surface area contributed by atoms with Gasteiger partial charge in [-0.15, -0.1) is 0 Å². The lowest BCUT2D eigenvalue weighted by Gasteiger charge is -2.28.